The molecule has 1 aliphatic carbocycles. The number of para-hydroxylation sites is 2. The van der Waals surface area contributed by atoms with Crippen molar-refractivity contribution >= 4 is 91.5 Å². The SMILES string of the molecule is C1=CCCC(N(c2ccccc2)c2ccc3sc4ccc(N(c5ccccc5)c5ccc6sc7ccccc7c6c5)cc4c3c2)=C1. The van der Waals surface area contributed by atoms with Crippen molar-refractivity contribution in [2.24, 2.45) is 0 Å². The van der Waals surface area contributed by atoms with Gasteiger partial charge in [0.1, 0.15) is 0 Å². The first-order chi connectivity index (χ1) is 22.8. The molecule has 0 spiro atoms. The summed E-state index contributed by atoms with van der Waals surface area (Å²) in [5, 5.41) is 5.20. The fourth-order valence-corrected chi connectivity index (χ4v) is 8.90. The third-order valence-electron chi connectivity index (χ3n) is 8.88. The molecule has 0 saturated heterocycles. The van der Waals surface area contributed by atoms with Crippen molar-refractivity contribution in [3.05, 3.63) is 163 Å². The Hall–Kier alpha value is -5.16. The Morgan fingerprint density at radius 3 is 1.46 bits per heavy atom. The zero-order valence-electron chi connectivity index (χ0n) is 25.1. The monoisotopic (exact) mass is 626 g/mol. The second-order valence-electron chi connectivity index (χ2n) is 11.7. The van der Waals surface area contributed by atoms with E-state index in [0.29, 0.717) is 0 Å². The lowest BCUT2D eigenvalue weighted by Gasteiger charge is -2.29. The zero-order chi connectivity index (χ0) is 30.5. The number of hydrogen-bond donors (Lipinski definition) is 0. The van der Waals surface area contributed by atoms with Crippen molar-refractivity contribution in [2.75, 3.05) is 9.80 Å². The minimum Gasteiger partial charge on any atom is -0.314 e. The Morgan fingerprint density at radius 2 is 0.891 bits per heavy atom. The summed E-state index contributed by atoms with van der Waals surface area (Å²) in [5.74, 6) is 0. The van der Waals surface area contributed by atoms with E-state index in [1.165, 1.54) is 57.4 Å². The van der Waals surface area contributed by atoms with Gasteiger partial charge in [-0.1, -0.05) is 66.7 Å². The highest BCUT2D eigenvalue weighted by molar-refractivity contribution is 7.26. The van der Waals surface area contributed by atoms with Gasteiger partial charge in [0.05, 0.1) is 0 Å². The number of benzene rings is 6. The maximum Gasteiger partial charge on any atom is 0.0468 e. The van der Waals surface area contributed by atoms with E-state index in [1.54, 1.807) is 0 Å². The lowest BCUT2D eigenvalue weighted by Crippen LogP contribution is -2.17. The van der Waals surface area contributed by atoms with Crippen LogP contribution in [-0.2, 0) is 0 Å². The van der Waals surface area contributed by atoms with Gasteiger partial charge in [-0.05, 0) is 104 Å². The van der Waals surface area contributed by atoms with Crippen molar-refractivity contribution in [2.45, 2.75) is 12.8 Å². The fourth-order valence-electron chi connectivity index (χ4n) is 6.74. The second-order valence-corrected chi connectivity index (χ2v) is 13.9. The standard InChI is InChI=1S/C42H30N2S2/c1-4-12-29(13-5-1)43(30-14-6-2-7-15-30)32-20-24-41-37(27-32)38-28-34(22-25-42(38)46-41)44(31-16-8-3-9-17-31)33-21-23-40-36(26-33)35-18-10-11-19-39(35)45-40/h1-6,8-14,16-28H,7,15H2. The van der Waals surface area contributed by atoms with Gasteiger partial charge >= 0.3 is 0 Å². The molecule has 2 nitrogen and oxygen atoms in total. The van der Waals surface area contributed by atoms with E-state index in [-0.39, 0.29) is 0 Å². The first kappa shape index (κ1) is 27.2. The Labute approximate surface area is 276 Å². The summed E-state index contributed by atoms with van der Waals surface area (Å²) in [7, 11) is 0. The minimum atomic E-state index is 1.02. The molecule has 0 amide bonds. The van der Waals surface area contributed by atoms with Crippen molar-refractivity contribution in [3.8, 4) is 0 Å². The van der Waals surface area contributed by atoms with Gasteiger partial charge in [0.25, 0.3) is 0 Å². The van der Waals surface area contributed by atoms with Crippen LogP contribution in [0.3, 0.4) is 0 Å². The van der Waals surface area contributed by atoms with Crippen molar-refractivity contribution in [1.29, 1.82) is 0 Å². The van der Waals surface area contributed by atoms with Gasteiger partial charge in [-0.25, -0.2) is 0 Å². The smallest absolute Gasteiger partial charge is 0.0468 e. The molecule has 0 aliphatic heterocycles. The van der Waals surface area contributed by atoms with Crippen LogP contribution in [-0.4, -0.2) is 0 Å². The molecule has 2 heterocycles. The molecule has 46 heavy (non-hydrogen) atoms. The first-order valence-corrected chi connectivity index (χ1v) is 17.4. The molecule has 0 atom stereocenters. The average Bonchev–Trinajstić information content (AvgIpc) is 3.68. The highest BCUT2D eigenvalue weighted by Crippen LogP contribution is 2.44. The van der Waals surface area contributed by atoms with Gasteiger partial charge in [0.15, 0.2) is 0 Å². The number of anilines is 5. The highest BCUT2D eigenvalue weighted by atomic mass is 32.1. The molecule has 0 saturated carbocycles. The largest absolute Gasteiger partial charge is 0.314 e. The normalized spacial score (nSPS) is 13.1. The summed E-state index contributed by atoms with van der Waals surface area (Å²) >= 11 is 3.73. The quantitative estimate of drug-likeness (QED) is 0.181. The molecule has 1 aliphatic rings. The zero-order valence-corrected chi connectivity index (χ0v) is 26.8. The van der Waals surface area contributed by atoms with Crippen LogP contribution in [0.2, 0.25) is 0 Å². The summed E-state index contributed by atoms with van der Waals surface area (Å²) in [6.45, 7) is 0. The van der Waals surface area contributed by atoms with Gasteiger partial charge in [0.2, 0.25) is 0 Å². The maximum absolute atomic E-state index is 2.42. The van der Waals surface area contributed by atoms with Crippen LogP contribution in [0.5, 0.6) is 0 Å². The van der Waals surface area contributed by atoms with E-state index < -0.39 is 0 Å². The van der Waals surface area contributed by atoms with E-state index in [0.717, 1.165) is 29.9 Å². The van der Waals surface area contributed by atoms with E-state index >= 15 is 0 Å². The summed E-state index contributed by atoms with van der Waals surface area (Å²) in [5.41, 5.74) is 7.17. The van der Waals surface area contributed by atoms with Crippen LogP contribution in [0, 0.1) is 0 Å². The molecule has 2 aromatic heterocycles. The van der Waals surface area contributed by atoms with Gasteiger partial charge in [-0.2, -0.15) is 0 Å². The van der Waals surface area contributed by atoms with E-state index in [4.69, 9.17) is 0 Å². The van der Waals surface area contributed by atoms with Crippen LogP contribution in [0.25, 0.3) is 40.3 Å². The third kappa shape index (κ3) is 4.69. The molecular weight excluding hydrogens is 597 g/mol. The van der Waals surface area contributed by atoms with Crippen molar-refractivity contribution in [1.82, 2.24) is 0 Å². The topological polar surface area (TPSA) is 6.48 Å². The molecular formula is C42H30N2S2. The van der Waals surface area contributed by atoms with E-state index in [9.17, 15) is 0 Å². The summed E-state index contributed by atoms with van der Waals surface area (Å²) in [6.07, 6.45) is 8.78. The van der Waals surface area contributed by atoms with E-state index in [2.05, 4.69) is 168 Å². The minimum absolute atomic E-state index is 1.02. The number of hydrogen-bond acceptors (Lipinski definition) is 4. The summed E-state index contributed by atoms with van der Waals surface area (Å²) in [6, 6.07) is 51.1. The van der Waals surface area contributed by atoms with Crippen molar-refractivity contribution < 1.29 is 0 Å². The number of thiophene rings is 2. The maximum atomic E-state index is 2.42. The van der Waals surface area contributed by atoms with Gasteiger partial charge < -0.3 is 9.80 Å². The lowest BCUT2D eigenvalue weighted by molar-refractivity contribution is 0.918. The average molecular weight is 627 g/mol. The Kier molecular flexibility index (Phi) is 6.69. The number of allylic oxidation sites excluding steroid dienone is 4. The van der Waals surface area contributed by atoms with Crippen LogP contribution in [0.4, 0.5) is 28.4 Å². The molecule has 4 heteroatoms. The summed E-state index contributed by atoms with van der Waals surface area (Å²) < 4.78 is 5.25. The molecule has 6 aromatic carbocycles. The predicted octanol–water partition coefficient (Wildman–Crippen LogP) is 13.3. The van der Waals surface area contributed by atoms with Crippen LogP contribution in [0.1, 0.15) is 12.8 Å². The predicted molar refractivity (Wildman–Crippen MR) is 202 cm³/mol. The molecule has 0 fully saturated rings. The molecule has 9 rings (SSSR count). The lowest BCUT2D eigenvalue weighted by atomic mass is 10.1. The number of fused-ring (bicyclic) bond motifs is 6. The summed E-state index contributed by atoms with van der Waals surface area (Å²) in [4.78, 5) is 4.82. The van der Waals surface area contributed by atoms with E-state index in [1.807, 2.05) is 22.7 Å². The molecule has 0 N–H and O–H groups in total. The molecule has 8 aromatic rings. The second kappa shape index (κ2) is 11.3. The fraction of sp³-hybridized carbons (Fsp3) is 0.0476. The van der Waals surface area contributed by atoms with Gasteiger partial charge in [0, 0.05) is 74.5 Å². The van der Waals surface area contributed by atoms with Gasteiger partial charge in [-0.3, -0.25) is 0 Å². The molecule has 0 unspecified atom stereocenters. The first-order valence-electron chi connectivity index (χ1n) is 15.7. The Bertz CT molecular complexity index is 2430. The Balaban J connectivity index is 1.21. The molecule has 0 bridgehead atoms. The molecule has 0 radical (unpaired) electrons. The van der Waals surface area contributed by atoms with Crippen LogP contribution >= 0.6 is 22.7 Å². The van der Waals surface area contributed by atoms with Gasteiger partial charge in [-0.15, -0.1) is 22.7 Å². The van der Waals surface area contributed by atoms with Crippen molar-refractivity contribution in [3.63, 3.8) is 0 Å². The highest BCUT2D eigenvalue weighted by Gasteiger charge is 2.19. The Morgan fingerprint density at radius 1 is 0.413 bits per heavy atom. The number of nitrogens with zero attached hydrogens (tertiary/aromatic N) is 2. The van der Waals surface area contributed by atoms with Crippen LogP contribution in [0.15, 0.2) is 163 Å². The number of rotatable bonds is 6. The van der Waals surface area contributed by atoms with Crippen LogP contribution < -0.4 is 9.80 Å². The third-order valence-corrected chi connectivity index (χ3v) is 11.2. The molecule has 220 valence electrons.